The number of carbonyl (C=O) groups is 2. The largest absolute Gasteiger partial charge is 0.472 e. The first kappa shape index (κ1) is 57.5. The van der Waals surface area contributed by atoms with E-state index in [1.807, 2.05) is 43.4 Å². The van der Waals surface area contributed by atoms with Crippen molar-refractivity contribution in [2.75, 3.05) is 26.4 Å². The van der Waals surface area contributed by atoms with Crippen LogP contribution in [0.4, 0.5) is 0 Å². The Kier molecular flexibility index (Phi) is 37.7. The summed E-state index contributed by atoms with van der Waals surface area (Å²) in [5.41, 5.74) is 0. The molecule has 0 amide bonds. The molecule has 5 N–H and O–H groups in total. The van der Waals surface area contributed by atoms with Crippen molar-refractivity contribution >= 4 is 27.6 Å². The Morgan fingerprint density at radius 3 is 1.67 bits per heavy atom. The molecule has 0 aliphatic heterocycles. The van der Waals surface area contributed by atoms with Gasteiger partial charge in [0, 0.05) is 12.8 Å². The first-order valence-electron chi connectivity index (χ1n) is 21.7. The molecule has 4 atom stereocenters. The number of phosphoric ester groups is 2. The summed E-state index contributed by atoms with van der Waals surface area (Å²) < 4.78 is 47.7. The molecule has 0 saturated carbocycles. The number of allylic oxidation sites excluding steroid dienone is 11. The van der Waals surface area contributed by atoms with Crippen LogP contribution in [-0.4, -0.2) is 81.6 Å². The number of aliphatic hydroxyl groups is 2. The topological polar surface area (TPSA) is 216 Å². The normalized spacial score (nSPS) is 15.2. The highest BCUT2D eigenvalue weighted by atomic mass is 31.2. The summed E-state index contributed by atoms with van der Waals surface area (Å²) in [4.78, 5) is 52.7. The molecular weight excluding hydrogens is 814 g/mol. The molecule has 0 fully saturated rings. The fourth-order valence-electron chi connectivity index (χ4n) is 5.27. The molecule has 0 aromatic carbocycles. The molecule has 0 spiro atoms. The number of unbranched alkanes of at least 4 members (excludes halogenated alkanes) is 12. The number of hydrogen-bond donors (Lipinski definition) is 5. The van der Waals surface area contributed by atoms with Crippen LogP contribution in [0.25, 0.3) is 0 Å². The number of hydrogen-bond acceptors (Lipinski definition) is 11. The lowest BCUT2D eigenvalue weighted by molar-refractivity contribution is -0.161. The number of rotatable bonds is 40. The van der Waals surface area contributed by atoms with E-state index < -0.39 is 72.3 Å². The van der Waals surface area contributed by atoms with Gasteiger partial charge in [-0.25, -0.2) is 9.13 Å². The van der Waals surface area contributed by atoms with Crippen molar-refractivity contribution in [1.29, 1.82) is 0 Å². The minimum atomic E-state index is -4.88. The highest BCUT2D eigenvalue weighted by molar-refractivity contribution is 7.47. The van der Waals surface area contributed by atoms with Crippen molar-refractivity contribution in [3.8, 4) is 0 Å². The molecule has 0 aliphatic rings. The first-order chi connectivity index (χ1) is 28.8. The van der Waals surface area contributed by atoms with Gasteiger partial charge in [0.25, 0.3) is 0 Å². The van der Waals surface area contributed by atoms with Crippen molar-refractivity contribution in [3.05, 3.63) is 72.9 Å². The van der Waals surface area contributed by atoms with Gasteiger partial charge in [-0.15, -0.1) is 0 Å². The van der Waals surface area contributed by atoms with Crippen LogP contribution in [0.1, 0.15) is 149 Å². The van der Waals surface area contributed by atoms with Crippen molar-refractivity contribution < 1.29 is 66.7 Å². The minimum Gasteiger partial charge on any atom is -0.462 e. The number of ether oxygens (including phenoxy) is 2. The monoisotopic (exact) mass is 890 g/mol. The quantitative estimate of drug-likeness (QED) is 0.0127. The van der Waals surface area contributed by atoms with E-state index in [2.05, 4.69) is 46.4 Å². The third-order valence-corrected chi connectivity index (χ3v) is 10.2. The fourth-order valence-corrected chi connectivity index (χ4v) is 6.43. The van der Waals surface area contributed by atoms with E-state index in [1.54, 1.807) is 6.08 Å². The predicted molar refractivity (Wildman–Crippen MR) is 236 cm³/mol. The summed E-state index contributed by atoms with van der Waals surface area (Å²) in [6.45, 7) is 1.33. The van der Waals surface area contributed by atoms with E-state index >= 15 is 0 Å². The van der Waals surface area contributed by atoms with Crippen molar-refractivity contribution in [2.24, 2.45) is 0 Å². The Morgan fingerprint density at radius 2 is 1.05 bits per heavy atom. The summed E-state index contributed by atoms with van der Waals surface area (Å²) in [6.07, 6.45) is 39.9. The molecule has 0 saturated heterocycles. The second-order valence-corrected chi connectivity index (χ2v) is 17.1. The Labute approximate surface area is 359 Å². The zero-order chi connectivity index (χ0) is 44.6. The van der Waals surface area contributed by atoms with Gasteiger partial charge in [0.2, 0.25) is 0 Å². The maximum absolute atomic E-state index is 12.6. The van der Waals surface area contributed by atoms with Crippen molar-refractivity contribution in [2.45, 2.75) is 167 Å². The van der Waals surface area contributed by atoms with Crippen molar-refractivity contribution in [1.82, 2.24) is 0 Å². The van der Waals surface area contributed by atoms with E-state index in [0.29, 0.717) is 25.7 Å². The zero-order valence-electron chi connectivity index (χ0n) is 36.1. The van der Waals surface area contributed by atoms with Gasteiger partial charge in [0.1, 0.15) is 12.7 Å². The second-order valence-electron chi connectivity index (χ2n) is 14.4. The van der Waals surface area contributed by atoms with E-state index in [-0.39, 0.29) is 12.8 Å². The molecule has 16 heteroatoms. The van der Waals surface area contributed by atoms with Gasteiger partial charge in [0.15, 0.2) is 6.10 Å². The first-order valence-corrected chi connectivity index (χ1v) is 24.8. The molecule has 0 aromatic heterocycles. The van der Waals surface area contributed by atoms with Crippen LogP contribution >= 0.6 is 15.6 Å². The van der Waals surface area contributed by atoms with Crippen LogP contribution in [-0.2, 0) is 41.8 Å². The lowest BCUT2D eigenvalue weighted by Crippen LogP contribution is -2.29. The Hall–Kier alpha value is -2.48. The number of esters is 2. The smallest absolute Gasteiger partial charge is 0.462 e. The average Bonchev–Trinajstić information content (AvgIpc) is 3.21. The Bertz CT molecular complexity index is 1350. The summed E-state index contributed by atoms with van der Waals surface area (Å²) in [7, 11) is -9.71. The maximum atomic E-state index is 12.6. The molecule has 60 heavy (non-hydrogen) atoms. The van der Waals surface area contributed by atoms with Crippen LogP contribution in [0.3, 0.4) is 0 Å². The molecule has 0 aliphatic carbocycles. The molecular formula is C44H76O14P2. The lowest BCUT2D eigenvalue weighted by atomic mass is 10.1. The zero-order valence-corrected chi connectivity index (χ0v) is 37.9. The van der Waals surface area contributed by atoms with E-state index in [9.17, 15) is 33.8 Å². The standard InChI is InChI=1S/C44H76O14P2/c1-3-5-6-7-8-9-10-11-12-16-19-22-25-28-31-34-43(47)54-38-42(39-57-60(52,53)56-37-41(46)36-55-59(49,50)51)58-44(48)35-32-29-26-23-20-17-14-13-15-18-21-24-27-30-33-40(45)4-2/h9-10,14-15,17-18,23-24,26-27,30,33,40-42,45-46H,3-8,11-13,16,19-22,25,28-29,31-32,34-39H2,1-2H3,(H,52,53)(H2,49,50,51)/b10-9-,17-14-,18-15-,26-23-,27-24-,33-30+/t40-,41+,42-/m1/s1. The lowest BCUT2D eigenvalue weighted by Gasteiger charge is -2.20. The van der Waals surface area contributed by atoms with E-state index in [1.165, 1.54) is 44.9 Å². The predicted octanol–water partition coefficient (Wildman–Crippen LogP) is 9.98. The molecule has 0 heterocycles. The molecule has 0 bridgehead atoms. The molecule has 0 radical (unpaired) electrons. The van der Waals surface area contributed by atoms with Gasteiger partial charge in [-0.1, -0.05) is 138 Å². The second kappa shape index (κ2) is 39.4. The van der Waals surface area contributed by atoms with Crippen LogP contribution in [0, 0.1) is 0 Å². The van der Waals surface area contributed by atoms with Gasteiger partial charge >= 0.3 is 27.6 Å². The Balaban J connectivity index is 4.65. The molecule has 0 rings (SSSR count). The molecule has 1 unspecified atom stereocenters. The van der Waals surface area contributed by atoms with Crippen LogP contribution in [0.15, 0.2) is 72.9 Å². The number of phosphoric acid groups is 2. The number of carbonyl (C=O) groups excluding carboxylic acids is 2. The maximum Gasteiger partial charge on any atom is 0.472 e. The van der Waals surface area contributed by atoms with Crippen LogP contribution < -0.4 is 0 Å². The molecule has 14 nitrogen and oxygen atoms in total. The van der Waals surface area contributed by atoms with Gasteiger partial charge in [0.05, 0.1) is 25.9 Å². The highest BCUT2D eigenvalue weighted by Crippen LogP contribution is 2.43. The van der Waals surface area contributed by atoms with Gasteiger partial charge in [-0.3, -0.25) is 23.2 Å². The van der Waals surface area contributed by atoms with Crippen molar-refractivity contribution in [3.63, 3.8) is 0 Å². The van der Waals surface area contributed by atoms with Crippen LogP contribution in [0.5, 0.6) is 0 Å². The Morgan fingerprint density at radius 1 is 0.550 bits per heavy atom. The van der Waals surface area contributed by atoms with E-state index in [0.717, 1.165) is 51.4 Å². The van der Waals surface area contributed by atoms with Crippen LogP contribution in [0.2, 0.25) is 0 Å². The van der Waals surface area contributed by atoms with Gasteiger partial charge < -0.3 is 34.4 Å². The summed E-state index contributed by atoms with van der Waals surface area (Å²) in [6, 6.07) is 0. The van der Waals surface area contributed by atoms with E-state index in [4.69, 9.17) is 23.8 Å². The fraction of sp³-hybridized carbons (Fsp3) is 0.682. The summed E-state index contributed by atoms with van der Waals surface area (Å²) >= 11 is 0. The van der Waals surface area contributed by atoms with Gasteiger partial charge in [-0.05, 0) is 70.6 Å². The highest BCUT2D eigenvalue weighted by Gasteiger charge is 2.28. The average molecular weight is 891 g/mol. The summed E-state index contributed by atoms with van der Waals surface area (Å²) in [5.74, 6) is -1.13. The SMILES string of the molecule is CCCCCC/C=C\CCCCCCCCCC(=O)OC[C@H](COP(=O)(O)OC[C@@H](O)COP(=O)(O)O)OC(=O)CCC/C=C\C/C=C\C/C=C\C/C=C\C=C\[C@H](O)CC. The molecule has 0 aromatic rings. The molecule has 346 valence electrons. The third kappa shape index (κ3) is 42.2. The number of aliphatic hydroxyl groups excluding tert-OH is 2. The minimum absolute atomic E-state index is 0.0354. The third-order valence-electron chi connectivity index (χ3n) is 8.73. The summed E-state index contributed by atoms with van der Waals surface area (Å²) in [5, 5.41) is 19.2. The van der Waals surface area contributed by atoms with Gasteiger partial charge in [-0.2, -0.15) is 0 Å².